The number of aromatic nitrogens is 2. The molecule has 1 aromatic carbocycles. The third kappa shape index (κ3) is 6.83. The maximum atomic E-state index is 13.3. The number of nitrogens with two attached hydrogens (primary N) is 1. The molecule has 1 unspecified atom stereocenters. The lowest BCUT2D eigenvalue weighted by Crippen LogP contribution is -2.39. The average Bonchev–Trinajstić information content (AvgIpc) is 3.10. The van der Waals surface area contributed by atoms with Crippen LogP contribution < -0.4 is 16.5 Å². The summed E-state index contributed by atoms with van der Waals surface area (Å²) in [6.45, 7) is 2.68. The van der Waals surface area contributed by atoms with Crippen molar-refractivity contribution in [2.24, 2.45) is 0 Å². The molecule has 2 aromatic rings. The molecule has 6 N–H and O–H groups in total. The third-order valence-corrected chi connectivity index (χ3v) is 6.73. The number of nitrogens with one attached hydrogen (secondary N) is 1. The summed E-state index contributed by atoms with van der Waals surface area (Å²) in [6, 6.07) is 8.66. The van der Waals surface area contributed by atoms with Gasteiger partial charge in [0.1, 0.15) is 30.2 Å². The number of hydrogen-bond acceptors (Lipinski definition) is 10. The number of carbonyl (C=O) groups is 1. The summed E-state index contributed by atoms with van der Waals surface area (Å²) in [7, 11) is -4.26. The number of nitrogen functional groups attached to an aromatic ring is 1. The van der Waals surface area contributed by atoms with Crippen molar-refractivity contribution in [3.8, 4) is 0 Å². The third-order valence-electron chi connectivity index (χ3n) is 5.13. The number of nitrogens with zero attached hydrogens (tertiary/aromatic N) is 2. The monoisotopic (exact) mass is 510 g/mol. The summed E-state index contributed by atoms with van der Waals surface area (Å²) in [5, 5.41) is 32.8. The molecule has 13 nitrogen and oxygen atoms in total. The zero-order valence-electron chi connectivity index (χ0n) is 18.5. The predicted molar refractivity (Wildman–Crippen MR) is 123 cm³/mol. The van der Waals surface area contributed by atoms with Gasteiger partial charge in [0.25, 0.3) is 0 Å². The SMILES string of the molecule is C=CCOP(=O)(N[C@@H](Cc1ccccc1)C(=O)O)OC[C@H]1O[C@@H](n2ccc(N)nc2=O)[C@H](O)[C@@H]1O. The van der Waals surface area contributed by atoms with Crippen LogP contribution in [-0.4, -0.2) is 68.4 Å². The molecule has 190 valence electrons. The Balaban J connectivity index is 1.72. The summed E-state index contributed by atoms with van der Waals surface area (Å²) >= 11 is 0. The fraction of sp³-hybridized carbons (Fsp3) is 0.381. The summed E-state index contributed by atoms with van der Waals surface area (Å²) < 4.78 is 30.4. The number of benzene rings is 1. The van der Waals surface area contributed by atoms with Crippen molar-refractivity contribution in [2.45, 2.75) is 37.0 Å². The molecule has 2 heterocycles. The zero-order chi connectivity index (χ0) is 25.6. The van der Waals surface area contributed by atoms with E-state index in [9.17, 15) is 29.5 Å². The van der Waals surface area contributed by atoms with Gasteiger partial charge >= 0.3 is 19.4 Å². The highest BCUT2D eigenvalue weighted by atomic mass is 31.2. The smallest absolute Gasteiger partial charge is 0.406 e. The second-order valence-corrected chi connectivity index (χ2v) is 9.45. The number of hydrogen-bond donors (Lipinski definition) is 5. The topological polar surface area (TPSA) is 195 Å². The van der Waals surface area contributed by atoms with Crippen LogP contribution in [0.5, 0.6) is 0 Å². The van der Waals surface area contributed by atoms with E-state index in [0.717, 1.165) is 4.57 Å². The van der Waals surface area contributed by atoms with E-state index in [2.05, 4.69) is 16.7 Å². The zero-order valence-corrected chi connectivity index (χ0v) is 19.4. The lowest BCUT2D eigenvalue weighted by atomic mass is 10.1. The van der Waals surface area contributed by atoms with E-state index < -0.39 is 56.6 Å². The number of aliphatic hydroxyl groups is 2. The fourth-order valence-corrected chi connectivity index (χ4v) is 4.83. The van der Waals surface area contributed by atoms with Crippen LogP contribution in [0.3, 0.4) is 0 Å². The van der Waals surface area contributed by atoms with Crippen LogP contribution in [0.25, 0.3) is 0 Å². The van der Waals surface area contributed by atoms with Crippen molar-refractivity contribution in [1.82, 2.24) is 14.6 Å². The highest BCUT2D eigenvalue weighted by Gasteiger charge is 2.45. The normalized spacial score (nSPS) is 24.5. The summed E-state index contributed by atoms with van der Waals surface area (Å²) in [5.41, 5.74) is 5.32. The number of carboxylic acids is 1. The van der Waals surface area contributed by atoms with E-state index in [1.807, 2.05) is 0 Å². The Bertz CT molecular complexity index is 1130. The van der Waals surface area contributed by atoms with Gasteiger partial charge in [0.15, 0.2) is 6.23 Å². The van der Waals surface area contributed by atoms with Gasteiger partial charge in [-0.15, -0.1) is 6.58 Å². The second-order valence-electron chi connectivity index (χ2n) is 7.68. The molecule has 0 aliphatic carbocycles. The lowest BCUT2D eigenvalue weighted by Gasteiger charge is -2.24. The average molecular weight is 510 g/mol. The van der Waals surface area contributed by atoms with Crippen LogP contribution >= 0.6 is 7.75 Å². The summed E-state index contributed by atoms with van der Waals surface area (Å²) in [6.07, 6.45) is -3.10. The van der Waals surface area contributed by atoms with Crippen LogP contribution in [0.4, 0.5) is 5.82 Å². The molecule has 0 spiro atoms. The number of aliphatic hydroxyl groups excluding tert-OH is 2. The number of carboxylic acid groups (broad SMARTS) is 1. The number of aliphatic carboxylic acids is 1. The van der Waals surface area contributed by atoms with Gasteiger partial charge in [0.05, 0.1) is 13.2 Å². The first-order valence-electron chi connectivity index (χ1n) is 10.5. The highest BCUT2D eigenvalue weighted by Crippen LogP contribution is 2.45. The first-order valence-corrected chi connectivity index (χ1v) is 12.1. The molecular formula is C21H27N4O9P. The Labute approximate surface area is 200 Å². The molecule has 1 aromatic heterocycles. The molecule has 0 bridgehead atoms. The largest absolute Gasteiger partial charge is 0.480 e. The quantitative estimate of drug-likeness (QED) is 0.190. The van der Waals surface area contributed by atoms with Crippen molar-refractivity contribution >= 4 is 19.5 Å². The van der Waals surface area contributed by atoms with Gasteiger partial charge in [-0.05, 0) is 18.1 Å². The van der Waals surface area contributed by atoms with Crippen LogP contribution in [0, 0.1) is 0 Å². The lowest BCUT2D eigenvalue weighted by molar-refractivity contribution is -0.139. The van der Waals surface area contributed by atoms with Crippen molar-refractivity contribution in [1.29, 1.82) is 0 Å². The number of rotatable bonds is 12. The predicted octanol–water partition coefficient (Wildman–Crippen LogP) is 0.0575. The van der Waals surface area contributed by atoms with E-state index in [-0.39, 0.29) is 18.8 Å². The van der Waals surface area contributed by atoms with Crippen LogP contribution in [0.2, 0.25) is 0 Å². The Hall–Kier alpha value is -2.90. The Morgan fingerprint density at radius 2 is 2.00 bits per heavy atom. The molecule has 1 saturated heterocycles. The maximum absolute atomic E-state index is 13.3. The molecule has 3 rings (SSSR count). The standard InChI is InChI=1S/C21H27N4O9P/c1-2-10-32-35(31,24-14(20(28)29)11-13-6-4-3-5-7-13)33-12-15-17(26)18(27)19(34-15)25-9-8-16(22)23-21(25)30/h2-9,14-15,17-19,26-27H,1,10-12H2,(H,24,31)(H,28,29)(H2,22,23,30)/t14-,15+,17+,18+,19+,35?/m0/s1. The fourth-order valence-electron chi connectivity index (χ4n) is 3.38. The molecular weight excluding hydrogens is 483 g/mol. The maximum Gasteiger partial charge on any atom is 0.406 e. The first-order chi connectivity index (χ1) is 16.6. The Morgan fingerprint density at radius 1 is 1.29 bits per heavy atom. The van der Waals surface area contributed by atoms with E-state index >= 15 is 0 Å². The molecule has 6 atom stereocenters. The van der Waals surface area contributed by atoms with Crippen LogP contribution in [-0.2, 0) is 29.6 Å². The van der Waals surface area contributed by atoms with Crippen molar-refractivity contribution in [3.05, 3.63) is 71.3 Å². The van der Waals surface area contributed by atoms with Gasteiger partial charge < -0.3 is 25.8 Å². The molecule has 1 aliphatic heterocycles. The number of ether oxygens (including phenoxy) is 1. The van der Waals surface area contributed by atoms with Crippen LogP contribution in [0.15, 0.2) is 60.0 Å². The van der Waals surface area contributed by atoms with Gasteiger partial charge in [-0.3, -0.25) is 18.4 Å². The summed E-state index contributed by atoms with van der Waals surface area (Å²) in [4.78, 5) is 27.4. The van der Waals surface area contributed by atoms with Crippen LogP contribution in [0.1, 0.15) is 11.8 Å². The minimum absolute atomic E-state index is 0.0165. The highest BCUT2D eigenvalue weighted by molar-refractivity contribution is 7.51. The van der Waals surface area contributed by atoms with E-state index in [4.69, 9.17) is 19.5 Å². The van der Waals surface area contributed by atoms with E-state index in [0.29, 0.717) is 5.56 Å². The second kappa shape index (κ2) is 11.7. The molecule has 0 amide bonds. The molecule has 0 saturated carbocycles. The van der Waals surface area contributed by atoms with E-state index in [1.54, 1.807) is 30.3 Å². The summed E-state index contributed by atoms with van der Waals surface area (Å²) in [5.74, 6) is -1.32. The molecule has 14 heteroatoms. The van der Waals surface area contributed by atoms with Gasteiger partial charge in [-0.2, -0.15) is 4.98 Å². The van der Waals surface area contributed by atoms with Crippen molar-refractivity contribution in [2.75, 3.05) is 18.9 Å². The van der Waals surface area contributed by atoms with Gasteiger partial charge in [0, 0.05) is 6.20 Å². The van der Waals surface area contributed by atoms with Gasteiger partial charge in [0.2, 0.25) is 0 Å². The molecule has 1 fully saturated rings. The first kappa shape index (κ1) is 26.7. The van der Waals surface area contributed by atoms with Gasteiger partial charge in [-0.1, -0.05) is 36.4 Å². The van der Waals surface area contributed by atoms with Crippen molar-refractivity contribution in [3.63, 3.8) is 0 Å². The minimum atomic E-state index is -4.26. The molecule has 1 aliphatic rings. The van der Waals surface area contributed by atoms with Crippen molar-refractivity contribution < 1.29 is 38.5 Å². The molecule has 0 radical (unpaired) electrons. The minimum Gasteiger partial charge on any atom is -0.480 e. The van der Waals surface area contributed by atoms with E-state index in [1.165, 1.54) is 18.3 Å². The Morgan fingerprint density at radius 3 is 2.63 bits per heavy atom. The number of anilines is 1. The molecule has 35 heavy (non-hydrogen) atoms. The van der Waals surface area contributed by atoms with Gasteiger partial charge in [-0.25, -0.2) is 14.4 Å². The Kier molecular flexibility index (Phi) is 8.92.